The van der Waals surface area contributed by atoms with E-state index in [1.54, 1.807) is 7.11 Å². The second kappa shape index (κ2) is 4.81. The highest BCUT2D eigenvalue weighted by Gasteiger charge is 2.27. The van der Waals surface area contributed by atoms with Crippen molar-refractivity contribution in [2.24, 2.45) is 4.99 Å². The third-order valence-corrected chi connectivity index (χ3v) is 3.30. The first kappa shape index (κ1) is 12.4. The van der Waals surface area contributed by atoms with Crippen LogP contribution in [0.4, 0.5) is 11.4 Å². The number of aliphatic imine (C=N–C) groups is 1. The van der Waals surface area contributed by atoms with Crippen molar-refractivity contribution in [2.75, 3.05) is 12.4 Å². The quantitative estimate of drug-likeness (QED) is 0.908. The van der Waals surface area contributed by atoms with Gasteiger partial charge in [-0.1, -0.05) is 30.3 Å². The van der Waals surface area contributed by atoms with Gasteiger partial charge in [0.1, 0.15) is 17.1 Å². The van der Waals surface area contributed by atoms with E-state index in [1.807, 2.05) is 49.4 Å². The Balaban J connectivity index is 2.14. The third-order valence-electron chi connectivity index (χ3n) is 3.30. The van der Waals surface area contributed by atoms with E-state index in [1.165, 1.54) is 0 Å². The molecule has 0 aromatic heterocycles. The Bertz CT molecular complexity index is 720. The molecule has 0 atom stereocenters. The molecule has 0 fully saturated rings. The molecule has 4 heteroatoms. The zero-order chi connectivity index (χ0) is 14.1. The van der Waals surface area contributed by atoms with Crippen molar-refractivity contribution in [3.8, 4) is 5.75 Å². The van der Waals surface area contributed by atoms with Gasteiger partial charge in [-0.25, -0.2) is 4.99 Å². The smallest absolute Gasteiger partial charge is 0.275 e. The minimum Gasteiger partial charge on any atom is -0.494 e. The van der Waals surface area contributed by atoms with Crippen molar-refractivity contribution < 1.29 is 9.53 Å². The average Bonchev–Trinajstić information content (AvgIpc) is 2.78. The minimum atomic E-state index is -0.180. The second-order valence-electron chi connectivity index (χ2n) is 4.58. The van der Waals surface area contributed by atoms with E-state index in [2.05, 4.69) is 10.3 Å². The van der Waals surface area contributed by atoms with Crippen LogP contribution in [0.15, 0.2) is 47.5 Å². The summed E-state index contributed by atoms with van der Waals surface area (Å²) >= 11 is 0. The number of hydrogen-bond acceptors (Lipinski definition) is 3. The van der Waals surface area contributed by atoms with Crippen molar-refractivity contribution >= 4 is 23.0 Å². The highest BCUT2D eigenvalue weighted by molar-refractivity contribution is 6.54. The van der Waals surface area contributed by atoms with Crippen LogP contribution in [0.2, 0.25) is 0 Å². The molecule has 0 aliphatic carbocycles. The van der Waals surface area contributed by atoms with Crippen LogP contribution in [-0.4, -0.2) is 18.7 Å². The highest BCUT2D eigenvalue weighted by Crippen LogP contribution is 2.31. The Hall–Kier alpha value is -2.62. The number of nitrogens with zero attached hydrogens (tertiary/aromatic N) is 1. The van der Waals surface area contributed by atoms with E-state index in [0.29, 0.717) is 17.1 Å². The summed E-state index contributed by atoms with van der Waals surface area (Å²) in [6.45, 7) is 1.96. The molecule has 1 heterocycles. The number of anilines is 1. The molecule has 100 valence electrons. The Morgan fingerprint density at radius 2 is 1.90 bits per heavy atom. The van der Waals surface area contributed by atoms with Crippen molar-refractivity contribution in [2.45, 2.75) is 6.92 Å². The van der Waals surface area contributed by atoms with E-state index in [9.17, 15) is 4.79 Å². The van der Waals surface area contributed by atoms with Crippen molar-refractivity contribution in [1.82, 2.24) is 0 Å². The third kappa shape index (κ3) is 1.95. The van der Waals surface area contributed by atoms with E-state index < -0.39 is 0 Å². The van der Waals surface area contributed by atoms with E-state index >= 15 is 0 Å². The van der Waals surface area contributed by atoms with E-state index in [4.69, 9.17) is 4.74 Å². The van der Waals surface area contributed by atoms with Crippen LogP contribution < -0.4 is 10.1 Å². The number of carbonyl (C=O) groups excluding carboxylic acids is 1. The van der Waals surface area contributed by atoms with Gasteiger partial charge < -0.3 is 10.1 Å². The molecule has 3 rings (SSSR count). The van der Waals surface area contributed by atoms with Gasteiger partial charge in [-0.05, 0) is 24.6 Å². The number of ether oxygens (including phenoxy) is 1. The Labute approximate surface area is 117 Å². The lowest BCUT2D eigenvalue weighted by Crippen LogP contribution is -2.14. The van der Waals surface area contributed by atoms with E-state index in [-0.39, 0.29) is 5.91 Å². The van der Waals surface area contributed by atoms with Gasteiger partial charge >= 0.3 is 0 Å². The molecule has 1 aliphatic heterocycles. The van der Waals surface area contributed by atoms with Crippen molar-refractivity contribution in [1.29, 1.82) is 0 Å². The molecular formula is C16H14N2O2. The predicted octanol–water partition coefficient (Wildman–Crippen LogP) is 3.08. The normalized spacial score (nSPS) is 15.1. The summed E-state index contributed by atoms with van der Waals surface area (Å²) in [5.74, 6) is 0.467. The Kier molecular flexibility index (Phi) is 2.99. The molecule has 1 amide bonds. The molecule has 20 heavy (non-hydrogen) atoms. The molecule has 2 aromatic carbocycles. The summed E-state index contributed by atoms with van der Waals surface area (Å²) in [5, 5.41) is 2.86. The van der Waals surface area contributed by atoms with Gasteiger partial charge in [-0.2, -0.15) is 0 Å². The number of carbonyl (C=O) groups is 1. The summed E-state index contributed by atoms with van der Waals surface area (Å²) in [6.07, 6.45) is 0. The minimum absolute atomic E-state index is 0.180. The maximum atomic E-state index is 12.1. The molecular weight excluding hydrogens is 252 g/mol. The van der Waals surface area contributed by atoms with Crippen LogP contribution in [0, 0.1) is 6.92 Å². The summed E-state index contributed by atoms with van der Waals surface area (Å²) in [6, 6.07) is 13.2. The molecule has 1 aliphatic rings. The van der Waals surface area contributed by atoms with Gasteiger partial charge in [0.2, 0.25) is 0 Å². The predicted molar refractivity (Wildman–Crippen MR) is 79.0 cm³/mol. The fraction of sp³-hybridized carbons (Fsp3) is 0.125. The summed E-state index contributed by atoms with van der Waals surface area (Å²) < 4.78 is 5.26. The molecule has 0 bridgehead atoms. The molecule has 0 spiro atoms. The van der Waals surface area contributed by atoms with Gasteiger partial charge in [0.25, 0.3) is 5.91 Å². The maximum absolute atomic E-state index is 12.1. The van der Waals surface area contributed by atoms with Gasteiger partial charge in [-0.15, -0.1) is 0 Å². The number of methoxy groups -OCH3 is 1. The van der Waals surface area contributed by atoms with E-state index in [0.717, 1.165) is 16.8 Å². The first-order chi connectivity index (χ1) is 9.70. The SMILES string of the molecule is COc1ccccc1N=C1C(=O)Nc2c(C)cccc21. The van der Waals surface area contributed by atoms with Crippen LogP contribution in [0.25, 0.3) is 0 Å². The zero-order valence-corrected chi connectivity index (χ0v) is 11.3. The summed E-state index contributed by atoms with van der Waals surface area (Å²) in [7, 11) is 1.59. The first-order valence-corrected chi connectivity index (χ1v) is 6.34. The molecule has 0 saturated carbocycles. The number of para-hydroxylation sites is 3. The largest absolute Gasteiger partial charge is 0.494 e. The van der Waals surface area contributed by atoms with Crippen molar-refractivity contribution in [3.05, 3.63) is 53.6 Å². The number of rotatable bonds is 2. The summed E-state index contributed by atoms with van der Waals surface area (Å²) in [5.41, 5.74) is 3.77. The monoisotopic (exact) mass is 266 g/mol. The summed E-state index contributed by atoms with van der Waals surface area (Å²) in [4.78, 5) is 16.6. The zero-order valence-electron chi connectivity index (χ0n) is 11.3. The average molecular weight is 266 g/mol. The topological polar surface area (TPSA) is 50.7 Å². The van der Waals surface area contributed by atoms with Crippen LogP contribution in [0.5, 0.6) is 5.75 Å². The fourth-order valence-corrected chi connectivity index (χ4v) is 2.28. The van der Waals surface area contributed by atoms with Gasteiger partial charge in [-0.3, -0.25) is 4.79 Å². The lowest BCUT2D eigenvalue weighted by molar-refractivity contribution is -0.110. The number of benzene rings is 2. The fourth-order valence-electron chi connectivity index (χ4n) is 2.28. The van der Waals surface area contributed by atoms with Gasteiger partial charge in [0.15, 0.2) is 0 Å². The highest BCUT2D eigenvalue weighted by atomic mass is 16.5. The van der Waals surface area contributed by atoms with Crippen LogP contribution in [-0.2, 0) is 4.79 Å². The first-order valence-electron chi connectivity index (χ1n) is 6.34. The number of nitrogens with one attached hydrogen (secondary N) is 1. The number of amides is 1. The molecule has 4 nitrogen and oxygen atoms in total. The molecule has 0 radical (unpaired) electrons. The van der Waals surface area contributed by atoms with Gasteiger partial charge in [0.05, 0.1) is 12.8 Å². The van der Waals surface area contributed by atoms with Crippen LogP contribution in [0.3, 0.4) is 0 Å². The van der Waals surface area contributed by atoms with Gasteiger partial charge in [0, 0.05) is 5.56 Å². The Morgan fingerprint density at radius 1 is 1.10 bits per heavy atom. The Morgan fingerprint density at radius 3 is 2.70 bits per heavy atom. The van der Waals surface area contributed by atoms with Crippen LogP contribution in [0.1, 0.15) is 11.1 Å². The standard InChI is InChI=1S/C16H14N2O2/c1-10-6-5-7-11-14(10)18-16(19)15(11)17-12-8-3-4-9-13(12)20-2/h3-9H,1-2H3,(H,17,18,19). The number of hydrogen-bond donors (Lipinski definition) is 1. The lowest BCUT2D eigenvalue weighted by atomic mass is 10.1. The lowest BCUT2D eigenvalue weighted by Gasteiger charge is -2.04. The second-order valence-corrected chi connectivity index (χ2v) is 4.58. The number of fused-ring (bicyclic) bond motifs is 1. The van der Waals surface area contributed by atoms with Crippen molar-refractivity contribution in [3.63, 3.8) is 0 Å². The van der Waals surface area contributed by atoms with Crippen LogP contribution >= 0.6 is 0 Å². The molecule has 2 aromatic rings. The number of aryl methyl sites for hydroxylation is 1. The molecule has 0 saturated heterocycles. The molecule has 0 unspecified atom stereocenters. The maximum Gasteiger partial charge on any atom is 0.275 e. The molecule has 1 N–H and O–H groups in total.